The van der Waals surface area contributed by atoms with Crippen LogP contribution in [-0.4, -0.2) is 13.1 Å². The summed E-state index contributed by atoms with van der Waals surface area (Å²) >= 11 is 0. The Morgan fingerprint density at radius 3 is 2.22 bits per heavy atom. The number of nitrogens with zero attached hydrogens (tertiary/aromatic N) is 1. The van der Waals surface area contributed by atoms with Gasteiger partial charge in [0.15, 0.2) is 11.6 Å². The molecule has 1 fully saturated rings. The Bertz CT molecular complexity index is 953. The lowest BCUT2D eigenvalue weighted by Crippen LogP contribution is -2.28. The van der Waals surface area contributed by atoms with Gasteiger partial charge in [-0.1, -0.05) is 49.4 Å². The number of rotatable bonds is 3. The highest BCUT2D eigenvalue weighted by molar-refractivity contribution is 5.68. The van der Waals surface area contributed by atoms with Crippen LogP contribution in [0.15, 0.2) is 66.7 Å². The highest BCUT2D eigenvalue weighted by Gasteiger charge is 2.36. The number of anilines is 1. The van der Waals surface area contributed by atoms with Crippen molar-refractivity contribution in [1.29, 1.82) is 0 Å². The third-order valence-corrected chi connectivity index (χ3v) is 5.50. The molecular weight excluding hydrogens is 347 g/mol. The van der Waals surface area contributed by atoms with E-state index >= 15 is 0 Å². The molecule has 0 amide bonds. The minimum Gasteiger partial charge on any atom is -0.368 e. The van der Waals surface area contributed by atoms with Crippen LogP contribution >= 0.6 is 0 Å². The van der Waals surface area contributed by atoms with Crippen LogP contribution in [0, 0.1) is 17.5 Å². The van der Waals surface area contributed by atoms with Gasteiger partial charge in [0.2, 0.25) is 0 Å². The largest absolute Gasteiger partial charge is 0.368 e. The van der Waals surface area contributed by atoms with Crippen molar-refractivity contribution in [1.82, 2.24) is 0 Å². The maximum Gasteiger partial charge on any atom is 0.182 e. The van der Waals surface area contributed by atoms with Gasteiger partial charge in [0.25, 0.3) is 0 Å². The summed E-state index contributed by atoms with van der Waals surface area (Å²) in [4.78, 5) is 1.87. The van der Waals surface area contributed by atoms with E-state index in [1.165, 1.54) is 12.1 Å². The molecular formula is C23H20F3N. The second kappa shape index (κ2) is 6.76. The van der Waals surface area contributed by atoms with Crippen LogP contribution in [0.4, 0.5) is 18.9 Å². The van der Waals surface area contributed by atoms with Gasteiger partial charge in [0.05, 0.1) is 5.69 Å². The molecule has 1 aliphatic rings. The molecule has 1 saturated heterocycles. The molecule has 0 radical (unpaired) electrons. The molecule has 0 spiro atoms. The molecule has 1 unspecified atom stereocenters. The van der Waals surface area contributed by atoms with E-state index in [2.05, 4.69) is 6.92 Å². The number of hydrogen-bond donors (Lipinski definition) is 0. The lowest BCUT2D eigenvalue weighted by Gasteiger charge is -2.26. The molecule has 0 bridgehead atoms. The standard InChI is InChI=1S/C23H20F3N/c1-23(17-7-9-18(24)10-8-17)13-14-27(15-23)20-12-11-19(21(25)22(20)26)16-5-3-2-4-6-16/h2-12H,13-15H2,1H3. The maximum atomic E-state index is 14.8. The van der Waals surface area contributed by atoms with Crippen molar-refractivity contribution in [2.24, 2.45) is 0 Å². The molecule has 3 aromatic rings. The first-order valence-electron chi connectivity index (χ1n) is 9.02. The van der Waals surface area contributed by atoms with E-state index in [1.807, 2.05) is 11.0 Å². The van der Waals surface area contributed by atoms with E-state index in [1.54, 1.807) is 48.5 Å². The Morgan fingerprint density at radius 1 is 0.815 bits per heavy atom. The maximum absolute atomic E-state index is 14.8. The molecule has 1 nitrogen and oxygen atoms in total. The van der Waals surface area contributed by atoms with Crippen LogP contribution in [-0.2, 0) is 5.41 Å². The Hall–Kier alpha value is -2.75. The lowest BCUT2D eigenvalue weighted by molar-refractivity contribution is 0.506. The van der Waals surface area contributed by atoms with Gasteiger partial charge in [-0.15, -0.1) is 0 Å². The second-order valence-electron chi connectivity index (χ2n) is 7.37. The summed E-state index contributed by atoms with van der Waals surface area (Å²) in [6, 6.07) is 18.7. The minimum atomic E-state index is -0.825. The van der Waals surface area contributed by atoms with E-state index in [4.69, 9.17) is 0 Å². The zero-order valence-corrected chi connectivity index (χ0v) is 15.1. The average Bonchev–Trinajstić information content (AvgIpc) is 3.08. The Labute approximate surface area is 157 Å². The molecule has 0 aliphatic carbocycles. The fourth-order valence-corrected chi connectivity index (χ4v) is 3.88. The van der Waals surface area contributed by atoms with E-state index in [-0.39, 0.29) is 22.5 Å². The molecule has 0 aromatic heterocycles. The lowest BCUT2D eigenvalue weighted by atomic mass is 9.82. The summed E-state index contributed by atoms with van der Waals surface area (Å²) in [5.74, 6) is -1.92. The monoisotopic (exact) mass is 367 g/mol. The zero-order chi connectivity index (χ0) is 19.0. The quantitative estimate of drug-likeness (QED) is 0.554. The van der Waals surface area contributed by atoms with Crippen molar-refractivity contribution >= 4 is 5.69 Å². The molecule has 1 aliphatic heterocycles. The normalized spacial score (nSPS) is 19.5. The van der Waals surface area contributed by atoms with Crippen molar-refractivity contribution < 1.29 is 13.2 Å². The van der Waals surface area contributed by atoms with Crippen LogP contribution in [0.5, 0.6) is 0 Å². The highest BCUT2D eigenvalue weighted by Crippen LogP contribution is 2.39. The highest BCUT2D eigenvalue weighted by atomic mass is 19.2. The van der Waals surface area contributed by atoms with E-state index in [9.17, 15) is 13.2 Å². The van der Waals surface area contributed by atoms with Crippen molar-refractivity contribution in [2.45, 2.75) is 18.8 Å². The number of halogens is 3. The van der Waals surface area contributed by atoms with E-state index < -0.39 is 11.6 Å². The summed E-state index contributed by atoms with van der Waals surface area (Å²) in [5.41, 5.74) is 1.97. The molecule has 0 saturated carbocycles. The first-order chi connectivity index (χ1) is 13.0. The first kappa shape index (κ1) is 17.7. The van der Waals surface area contributed by atoms with Gasteiger partial charge in [0.1, 0.15) is 5.82 Å². The molecule has 0 N–H and O–H groups in total. The van der Waals surface area contributed by atoms with Gasteiger partial charge in [-0.2, -0.15) is 0 Å². The van der Waals surface area contributed by atoms with Crippen molar-refractivity contribution in [3.63, 3.8) is 0 Å². The fourth-order valence-electron chi connectivity index (χ4n) is 3.88. The fraction of sp³-hybridized carbons (Fsp3) is 0.217. The Balaban J connectivity index is 1.63. The van der Waals surface area contributed by atoms with Crippen LogP contribution in [0.2, 0.25) is 0 Å². The molecule has 27 heavy (non-hydrogen) atoms. The topological polar surface area (TPSA) is 3.24 Å². The van der Waals surface area contributed by atoms with Gasteiger partial charge >= 0.3 is 0 Å². The SMILES string of the molecule is CC1(c2ccc(F)cc2)CCN(c2ccc(-c3ccccc3)c(F)c2F)C1. The van der Waals surface area contributed by atoms with Crippen LogP contribution < -0.4 is 4.90 Å². The van der Waals surface area contributed by atoms with Gasteiger partial charge in [-0.25, -0.2) is 13.2 Å². The zero-order valence-electron chi connectivity index (χ0n) is 15.1. The Morgan fingerprint density at radius 2 is 1.52 bits per heavy atom. The molecule has 4 rings (SSSR count). The van der Waals surface area contributed by atoms with Gasteiger partial charge in [-0.3, -0.25) is 0 Å². The van der Waals surface area contributed by atoms with Gasteiger partial charge in [-0.05, 0) is 41.8 Å². The summed E-state index contributed by atoms with van der Waals surface area (Å²) < 4.78 is 42.8. The summed E-state index contributed by atoms with van der Waals surface area (Å²) in [6.45, 7) is 3.25. The third kappa shape index (κ3) is 3.20. The Kier molecular flexibility index (Phi) is 4.42. The van der Waals surface area contributed by atoms with Gasteiger partial charge in [0, 0.05) is 24.1 Å². The first-order valence-corrected chi connectivity index (χ1v) is 9.02. The second-order valence-corrected chi connectivity index (χ2v) is 7.37. The summed E-state index contributed by atoms with van der Waals surface area (Å²) in [6.07, 6.45) is 0.792. The predicted molar refractivity (Wildman–Crippen MR) is 102 cm³/mol. The van der Waals surface area contributed by atoms with Gasteiger partial charge < -0.3 is 4.90 Å². The summed E-state index contributed by atoms with van der Waals surface area (Å²) in [7, 11) is 0. The summed E-state index contributed by atoms with van der Waals surface area (Å²) in [5, 5.41) is 0. The van der Waals surface area contributed by atoms with E-state index in [0.717, 1.165) is 12.0 Å². The molecule has 138 valence electrons. The molecule has 3 aromatic carbocycles. The minimum absolute atomic E-state index is 0.227. The van der Waals surface area contributed by atoms with Crippen LogP contribution in [0.1, 0.15) is 18.9 Å². The third-order valence-electron chi connectivity index (χ3n) is 5.50. The smallest absolute Gasteiger partial charge is 0.182 e. The predicted octanol–water partition coefficient (Wildman–Crippen LogP) is 5.94. The molecule has 4 heteroatoms. The van der Waals surface area contributed by atoms with Crippen molar-refractivity contribution in [3.8, 4) is 11.1 Å². The van der Waals surface area contributed by atoms with Crippen molar-refractivity contribution in [2.75, 3.05) is 18.0 Å². The number of benzene rings is 3. The van der Waals surface area contributed by atoms with Crippen LogP contribution in [0.25, 0.3) is 11.1 Å². The average molecular weight is 367 g/mol. The van der Waals surface area contributed by atoms with E-state index in [0.29, 0.717) is 18.7 Å². The molecule has 1 heterocycles. The van der Waals surface area contributed by atoms with Crippen LogP contribution in [0.3, 0.4) is 0 Å². The van der Waals surface area contributed by atoms with Crippen molar-refractivity contribution in [3.05, 3.63) is 89.7 Å². The number of hydrogen-bond acceptors (Lipinski definition) is 1. The molecule has 1 atom stereocenters.